The van der Waals surface area contributed by atoms with Gasteiger partial charge in [-0.1, -0.05) is 6.92 Å². The fraction of sp³-hybridized carbons (Fsp3) is 0.889. The second kappa shape index (κ2) is 4.77. The lowest BCUT2D eigenvalue weighted by Crippen LogP contribution is -2.43. The molecule has 1 heterocycles. The molecule has 1 fully saturated rings. The highest BCUT2D eigenvalue weighted by Crippen LogP contribution is 2.08. The molecule has 0 aromatic heterocycles. The second-order valence-electron chi connectivity index (χ2n) is 3.49. The first kappa shape index (κ1) is 11.5. The van der Waals surface area contributed by atoms with Crippen LogP contribution in [0.5, 0.6) is 0 Å². The molecule has 0 aromatic rings. The van der Waals surface area contributed by atoms with Crippen LogP contribution in [0.4, 0.5) is 0 Å². The summed E-state index contributed by atoms with van der Waals surface area (Å²) in [4.78, 5) is 13.3. The minimum Gasteiger partial charge on any atom is -0.341 e. The van der Waals surface area contributed by atoms with Crippen LogP contribution in [0, 0.1) is 0 Å². The van der Waals surface area contributed by atoms with Crippen LogP contribution in [0.1, 0.15) is 19.8 Å². The summed E-state index contributed by atoms with van der Waals surface area (Å²) in [6.45, 7) is 3.20. The minimum absolute atomic E-state index is 0.185. The molecular weight excluding hydrogens is 200 g/mol. The van der Waals surface area contributed by atoms with Crippen molar-refractivity contribution in [3.63, 3.8) is 0 Å². The normalized spacial score (nSPS) is 20.6. The molecule has 0 aromatic carbocycles. The van der Waals surface area contributed by atoms with Crippen molar-refractivity contribution in [1.29, 1.82) is 0 Å². The highest BCUT2D eigenvalue weighted by molar-refractivity contribution is 7.93. The topological polar surface area (TPSA) is 49.7 Å². The molecule has 5 heteroatoms. The van der Waals surface area contributed by atoms with Gasteiger partial charge >= 0.3 is 0 Å². The summed E-state index contributed by atoms with van der Waals surface area (Å²) in [7, 11) is -0.375. The van der Waals surface area contributed by atoms with Gasteiger partial charge in [-0.05, 0) is 6.42 Å². The van der Waals surface area contributed by atoms with E-state index in [1.165, 1.54) is 0 Å². The van der Waals surface area contributed by atoms with Crippen LogP contribution in [0.25, 0.3) is 0 Å². The van der Waals surface area contributed by atoms with Gasteiger partial charge in [-0.2, -0.15) is 0 Å². The highest BCUT2D eigenvalue weighted by atomic mass is 32.2. The maximum atomic E-state index is 11.8. The molecule has 0 aliphatic carbocycles. The van der Waals surface area contributed by atoms with E-state index >= 15 is 0 Å². The molecule has 1 rings (SSSR count). The first-order valence-electron chi connectivity index (χ1n) is 4.99. The van der Waals surface area contributed by atoms with Gasteiger partial charge in [0.25, 0.3) is 0 Å². The molecule has 0 atom stereocenters. The van der Waals surface area contributed by atoms with Crippen LogP contribution in [0.15, 0.2) is 4.36 Å². The molecule has 0 radical (unpaired) electrons. The SMILES string of the molecule is CCCC(=O)N1CCS(=O)(=NC)CC1. The molecule has 0 unspecified atom stereocenters. The van der Waals surface area contributed by atoms with Gasteiger partial charge in [0.05, 0.1) is 0 Å². The minimum atomic E-state index is -1.98. The van der Waals surface area contributed by atoms with Gasteiger partial charge in [-0.3, -0.25) is 4.79 Å². The fourth-order valence-electron chi connectivity index (χ4n) is 1.52. The van der Waals surface area contributed by atoms with Gasteiger partial charge < -0.3 is 4.90 Å². The summed E-state index contributed by atoms with van der Waals surface area (Å²) in [5.41, 5.74) is 0. The first-order valence-corrected chi connectivity index (χ1v) is 6.85. The van der Waals surface area contributed by atoms with Crippen molar-refractivity contribution in [3.8, 4) is 0 Å². The summed E-state index contributed by atoms with van der Waals surface area (Å²) in [5.74, 6) is 1.27. The van der Waals surface area contributed by atoms with Crippen molar-refractivity contribution in [2.75, 3.05) is 31.6 Å². The number of rotatable bonds is 2. The smallest absolute Gasteiger partial charge is 0.222 e. The Bertz CT molecular complexity index is 305. The van der Waals surface area contributed by atoms with Crippen LogP contribution in [0.2, 0.25) is 0 Å². The third kappa shape index (κ3) is 2.70. The highest BCUT2D eigenvalue weighted by Gasteiger charge is 2.22. The maximum absolute atomic E-state index is 11.8. The van der Waals surface area contributed by atoms with E-state index in [2.05, 4.69) is 4.36 Å². The standard InChI is InChI=1S/C9H18N2O2S/c1-3-4-9(12)11-5-7-14(13,10-2)8-6-11/h3-8H2,1-2H3. The number of amides is 1. The number of carbonyl (C=O) groups is 1. The lowest BCUT2D eigenvalue weighted by Gasteiger charge is -2.28. The Morgan fingerprint density at radius 3 is 2.43 bits per heavy atom. The molecule has 0 bridgehead atoms. The molecule has 0 spiro atoms. The fourth-order valence-corrected chi connectivity index (χ4v) is 3.10. The zero-order valence-electron chi connectivity index (χ0n) is 8.86. The maximum Gasteiger partial charge on any atom is 0.222 e. The number of hydrogen-bond acceptors (Lipinski definition) is 3. The van der Waals surface area contributed by atoms with E-state index in [1.54, 1.807) is 11.9 Å². The number of nitrogens with zero attached hydrogens (tertiary/aromatic N) is 2. The van der Waals surface area contributed by atoms with E-state index in [0.29, 0.717) is 31.0 Å². The van der Waals surface area contributed by atoms with Gasteiger partial charge in [-0.15, -0.1) is 0 Å². The predicted molar refractivity (Wildman–Crippen MR) is 57.7 cm³/mol. The van der Waals surface area contributed by atoms with Crippen LogP contribution in [-0.2, 0) is 14.5 Å². The van der Waals surface area contributed by atoms with Crippen LogP contribution in [0.3, 0.4) is 0 Å². The lowest BCUT2D eigenvalue weighted by atomic mass is 10.3. The van der Waals surface area contributed by atoms with Crippen molar-refractivity contribution >= 4 is 15.6 Å². The summed E-state index contributed by atoms with van der Waals surface area (Å²) >= 11 is 0. The van der Waals surface area contributed by atoms with Crippen LogP contribution < -0.4 is 0 Å². The van der Waals surface area contributed by atoms with Gasteiger partial charge in [0.15, 0.2) is 0 Å². The molecule has 1 aliphatic rings. The van der Waals surface area contributed by atoms with Crippen LogP contribution in [-0.4, -0.2) is 46.7 Å². The molecule has 82 valence electrons. The molecular formula is C9H18N2O2S. The lowest BCUT2D eigenvalue weighted by molar-refractivity contribution is -0.130. The van der Waals surface area contributed by atoms with E-state index in [0.717, 1.165) is 6.42 Å². The summed E-state index contributed by atoms with van der Waals surface area (Å²) < 4.78 is 15.7. The van der Waals surface area contributed by atoms with Crippen molar-refractivity contribution < 1.29 is 9.00 Å². The van der Waals surface area contributed by atoms with Gasteiger partial charge in [-0.25, -0.2) is 8.57 Å². The molecule has 1 aliphatic heterocycles. The van der Waals surface area contributed by atoms with Crippen molar-refractivity contribution in [2.45, 2.75) is 19.8 Å². The molecule has 1 saturated heterocycles. The quantitative estimate of drug-likeness (QED) is 0.686. The van der Waals surface area contributed by atoms with E-state index in [-0.39, 0.29) is 5.91 Å². The summed E-state index contributed by atoms with van der Waals surface area (Å²) in [6.07, 6.45) is 1.48. The third-order valence-corrected chi connectivity index (χ3v) is 4.82. The number of hydrogen-bond donors (Lipinski definition) is 0. The average Bonchev–Trinajstić information content (AvgIpc) is 2.19. The first-order chi connectivity index (χ1) is 6.61. The Hall–Kier alpha value is -0.580. The van der Waals surface area contributed by atoms with Crippen molar-refractivity contribution in [2.24, 2.45) is 4.36 Å². The monoisotopic (exact) mass is 218 g/mol. The summed E-state index contributed by atoms with van der Waals surface area (Å²) in [5, 5.41) is 0. The molecule has 0 N–H and O–H groups in total. The summed E-state index contributed by atoms with van der Waals surface area (Å²) in [6, 6.07) is 0. The Morgan fingerprint density at radius 1 is 1.43 bits per heavy atom. The predicted octanol–water partition coefficient (Wildman–Crippen LogP) is 0.726. The Balaban J connectivity index is 2.51. The largest absolute Gasteiger partial charge is 0.341 e. The Labute approximate surface area is 85.9 Å². The van der Waals surface area contributed by atoms with Crippen molar-refractivity contribution in [1.82, 2.24) is 4.90 Å². The third-order valence-electron chi connectivity index (χ3n) is 2.51. The van der Waals surface area contributed by atoms with E-state index in [4.69, 9.17) is 0 Å². The second-order valence-corrected chi connectivity index (χ2v) is 6.22. The molecule has 14 heavy (non-hydrogen) atoms. The molecule has 1 amide bonds. The Morgan fingerprint density at radius 2 is 2.00 bits per heavy atom. The van der Waals surface area contributed by atoms with E-state index in [9.17, 15) is 9.00 Å². The zero-order chi connectivity index (χ0) is 10.6. The van der Waals surface area contributed by atoms with Crippen LogP contribution >= 0.6 is 0 Å². The average molecular weight is 218 g/mol. The number of carbonyl (C=O) groups excluding carboxylic acids is 1. The van der Waals surface area contributed by atoms with E-state index < -0.39 is 9.73 Å². The molecule has 4 nitrogen and oxygen atoms in total. The Kier molecular flexibility index (Phi) is 3.92. The van der Waals surface area contributed by atoms with Crippen molar-refractivity contribution in [3.05, 3.63) is 0 Å². The van der Waals surface area contributed by atoms with Gasteiger partial charge in [0.2, 0.25) is 5.91 Å². The molecule has 0 saturated carbocycles. The van der Waals surface area contributed by atoms with E-state index in [1.807, 2.05) is 6.92 Å². The van der Waals surface area contributed by atoms with Gasteiger partial charge in [0, 0.05) is 47.8 Å². The van der Waals surface area contributed by atoms with Gasteiger partial charge in [0.1, 0.15) is 0 Å². The zero-order valence-corrected chi connectivity index (χ0v) is 9.68.